The van der Waals surface area contributed by atoms with Crippen molar-refractivity contribution in [1.29, 1.82) is 0 Å². The third-order valence-electron chi connectivity index (χ3n) is 5.78. The monoisotopic (exact) mass is 374 g/mol. The van der Waals surface area contributed by atoms with Crippen molar-refractivity contribution in [1.82, 2.24) is 5.32 Å². The molecule has 0 radical (unpaired) electrons. The minimum atomic E-state index is -0.821. The van der Waals surface area contributed by atoms with Gasteiger partial charge in [0.15, 0.2) is 4.87 Å². The molecule has 3 atom stereocenters. The van der Waals surface area contributed by atoms with Crippen molar-refractivity contribution in [3.8, 4) is 0 Å². The summed E-state index contributed by atoms with van der Waals surface area (Å²) in [6.45, 7) is 3.26. The number of fused-ring (bicyclic) bond motifs is 3. The molecule has 140 valence electrons. The van der Waals surface area contributed by atoms with E-state index in [0.29, 0.717) is 38.0 Å². The van der Waals surface area contributed by atoms with Crippen molar-refractivity contribution in [2.75, 3.05) is 18.1 Å². The maximum Gasteiger partial charge on any atom is 0.257 e. The molecule has 0 bridgehead atoms. The van der Waals surface area contributed by atoms with Gasteiger partial charge < -0.3 is 10.1 Å². The second-order valence-corrected chi connectivity index (χ2v) is 8.83. The summed E-state index contributed by atoms with van der Waals surface area (Å²) in [6.07, 6.45) is 6.16. The SMILES string of the molecule is C[C@@H]1CCCC[C@H]1OCCNC(=O)[C@]12CCC(=O)N1c1ccccc1S2. The lowest BCUT2D eigenvalue weighted by molar-refractivity contribution is -0.125. The van der Waals surface area contributed by atoms with Crippen LogP contribution in [0.4, 0.5) is 5.69 Å². The number of para-hydroxylation sites is 1. The number of anilines is 1. The van der Waals surface area contributed by atoms with Crippen LogP contribution < -0.4 is 10.2 Å². The van der Waals surface area contributed by atoms with Crippen molar-refractivity contribution in [2.24, 2.45) is 5.92 Å². The number of thioether (sulfide) groups is 1. The quantitative estimate of drug-likeness (QED) is 0.803. The fraction of sp³-hybridized carbons (Fsp3) is 0.600. The predicted molar refractivity (Wildman–Crippen MR) is 102 cm³/mol. The van der Waals surface area contributed by atoms with Gasteiger partial charge in [0, 0.05) is 17.9 Å². The van der Waals surface area contributed by atoms with Gasteiger partial charge in [-0.1, -0.05) is 43.7 Å². The Morgan fingerprint density at radius 1 is 1.35 bits per heavy atom. The third kappa shape index (κ3) is 3.03. The van der Waals surface area contributed by atoms with E-state index in [1.807, 2.05) is 24.3 Å². The first kappa shape index (κ1) is 17.9. The summed E-state index contributed by atoms with van der Waals surface area (Å²) in [5, 5.41) is 3.02. The fourth-order valence-corrected chi connectivity index (χ4v) is 5.78. The highest BCUT2D eigenvalue weighted by Crippen LogP contribution is 2.55. The Balaban J connectivity index is 1.36. The summed E-state index contributed by atoms with van der Waals surface area (Å²) in [6, 6.07) is 7.77. The van der Waals surface area contributed by atoms with E-state index in [2.05, 4.69) is 12.2 Å². The van der Waals surface area contributed by atoms with Gasteiger partial charge >= 0.3 is 0 Å². The molecule has 0 spiro atoms. The summed E-state index contributed by atoms with van der Waals surface area (Å²) >= 11 is 1.50. The molecule has 3 aliphatic rings. The minimum absolute atomic E-state index is 0.0323. The summed E-state index contributed by atoms with van der Waals surface area (Å²) in [7, 11) is 0. The highest BCUT2D eigenvalue weighted by Gasteiger charge is 2.57. The number of carbonyl (C=O) groups excluding carboxylic acids is 2. The van der Waals surface area contributed by atoms with Crippen LogP contribution in [-0.2, 0) is 14.3 Å². The van der Waals surface area contributed by atoms with E-state index in [1.165, 1.54) is 31.0 Å². The predicted octanol–water partition coefficient (Wildman–Crippen LogP) is 3.33. The van der Waals surface area contributed by atoms with E-state index in [1.54, 1.807) is 4.90 Å². The summed E-state index contributed by atoms with van der Waals surface area (Å²) in [5.41, 5.74) is 0.863. The molecule has 4 rings (SSSR count). The van der Waals surface area contributed by atoms with Crippen LogP contribution in [-0.4, -0.2) is 35.9 Å². The van der Waals surface area contributed by atoms with E-state index in [9.17, 15) is 9.59 Å². The molecule has 1 aromatic rings. The number of hydrogen-bond donors (Lipinski definition) is 1. The normalized spacial score (nSPS) is 30.2. The smallest absolute Gasteiger partial charge is 0.257 e. The molecule has 2 amide bonds. The fourth-order valence-electron chi connectivity index (χ4n) is 4.34. The summed E-state index contributed by atoms with van der Waals surface area (Å²) in [4.78, 5) is 27.3. The number of benzene rings is 1. The molecular formula is C20H26N2O3S. The first-order valence-corrected chi connectivity index (χ1v) is 10.4. The molecule has 2 fully saturated rings. The van der Waals surface area contributed by atoms with Crippen molar-refractivity contribution in [2.45, 2.75) is 61.3 Å². The van der Waals surface area contributed by atoms with Crippen molar-refractivity contribution < 1.29 is 14.3 Å². The van der Waals surface area contributed by atoms with Gasteiger partial charge in [0.05, 0.1) is 18.4 Å². The second-order valence-electron chi connectivity index (χ2n) is 7.51. The van der Waals surface area contributed by atoms with Crippen LogP contribution in [0.15, 0.2) is 29.2 Å². The van der Waals surface area contributed by atoms with Crippen molar-refractivity contribution in [3.63, 3.8) is 0 Å². The van der Waals surface area contributed by atoms with E-state index < -0.39 is 4.87 Å². The van der Waals surface area contributed by atoms with Crippen LogP contribution in [0.1, 0.15) is 45.4 Å². The van der Waals surface area contributed by atoms with Gasteiger partial charge in [-0.15, -0.1) is 0 Å². The molecule has 1 saturated carbocycles. The van der Waals surface area contributed by atoms with Crippen molar-refractivity contribution in [3.05, 3.63) is 24.3 Å². The molecule has 0 unspecified atom stereocenters. The molecule has 1 N–H and O–H groups in total. The average molecular weight is 375 g/mol. The lowest BCUT2D eigenvalue weighted by atomic mass is 9.88. The molecule has 26 heavy (non-hydrogen) atoms. The lowest BCUT2D eigenvalue weighted by Crippen LogP contribution is -2.53. The van der Waals surface area contributed by atoms with Gasteiger partial charge in [0.1, 0.15) is 0 Å². The van der Waals surface area contributed by atoms with Gasteiger partial charge in [0.25, 0.3) is 5.91 Å². The zero-order chi connectivity index (χ0) is 18.1. The molecule has 1 aromatic carbocycles. The van der Waals surface area contributed by atoms with Crippen LogP contribution in [0.25, 0.3) is 0 Å². The van der Waals surface area contributed by atoms with Crippen molar-refractivity contribution >= 4 is 29.3 Å². The van der Waals surface area contributed by atoms with Gasteiger partial charge in [0.2, 0.25) is 5.91 Å². The number of rotatable bonds is 5. The van der Waals surface area contributed by atoms with E-state index >= 15 is 0 Å². The molecule has 1 saturated heterocycles. The Morgan fingerprint density at radius 3 is 3.00 bits per heavy atom. The minimum Gasteiger partial charge on any atom is -0.376 e. The topological polar surface area (TPSA) is 58.6 Å². The van der Waals surface area contributed by atoms with Gasteiger partial charge in [-0.2, -0.15) is 0 Å². The van der Waals surface area contributed by atoms with Gasteiger partial charge in [-0.05, 0) is 37.3 Å². The first-order chi connectivity index (χ1) is 12.6. The summed E-state index contributed by atoms with van der Waals surface area (Å²) in [5.74, 6) is 0.551. The number of ether oxygens (including phenoxy) is 1. The number of nitrogens with one attached hydrogen (secondary N) is 1. The van der Waals surface area contributed by atoms with E-state index in [0.717, 1.165) is 17.0 Å². The zero-order valence-corrected chi connectivity index (χ0v) is 16.0. The molecular weight excluding hydrogens is 348 g/mol. The number of amides is 2. The highest BCUT2D eigenvalue weighted by molar-refractivity contribution is 8.02. The average Bonchev–Trinajstić information content (AvgIpc) is 3.16. The van der Waals surface area contributed by atoms with Crippen LogP contribution in [0.5, 0.6) is 0 Å². The van der Waals surface area contributed by atoms with Crippen LogP contribution in [0, 0.1) is 5.92 Å². The second kappa shape index (κ2) is 7.24. The Bertz CT molecular complexity index is 710. The van der Waals surface area contributed by atoms with E-state index in [4.69, 9.17) is 4.74 Å². The highest BCUT2D eigenvalue weighted by atomic mass is 32.2. The molecule has 6 heteroatoms. The van der Waals surface area contributed by atoms with Gasteiger partial charge in [-0.3, -0.25) is 14.5 Å². The largest absolute Gasteiger partial charge is 0.376 e. The maximum atomic E-state index is 13.0. The zero-order valence-electron chi connectivity index (χ0n) is 15.2. The number of nitrogens with zero attached hydrogens (tertiary/aromatic N) is 1. The Hall–Kier alpha value is -1.53. The summed E-state index contributed by atoms with van der Waals surface area (Å²) < 4.78 is 6.00. The Kier molecular flexibility index (Phi) is 4.97. The lowest BCUT2D eigenvalue weighted by Gasteiger charge is -2.30. The van der Waals surface area contributed by atoms with Crippen LogP contribution in [0.2, 0.25) is 0 Å². The third-order valence-corrected chi connectivity index (χ3v) is 7.26. The maximum absolute atomic E-state index is 13.0. The molecule has 1 aliphatic carbocycles. The number of carbonyl (C=O) groups is 2. The Morgan fingerprint density at radius 2 is 2.15 bits per heavy atom. The van der Waals surface area contributed by atoms with Crippen LogP contribution in [0.3, 0.4) is 0 Å². The molecule has 2 heterocycles. The molecule has 0 aromatic heterocycles. The van der Waals surface area contributed by atoms with Crippen LogP contribution >= 0.6 is 11.8 Å². The Labute approximate surface area is 158 Å². The number of hydrogen-bond acceptors (Lipinski definition) is 4. The first-order valence-electron chi connectivity index (χ1n) is 9.63. The van der Waals surface area contributed by atoms with Gasteiger partial charge in [-0.25, -0.2) is 0 Å². The molecule has 2 aliphatic heterocycles. The van der Waals surface area contributed by atoms with E-state index in [-0.39, 0.29) is 11.8 Å². The molecule has 5 nitrogen and oxygen atoms in total. The standard InChI is InChI=1S/C20H26N2O3S/c1-14-6-2-4-8-16(14)25-13-12-21-19(24)20-11-10-18(23)22(20)15-7-3-5-9-17(15)26-20/h3,5,7,9,14,16H,2,4,6,8,10-13H2,1H3,(H,21,24)/t14-,16-,20-/m1/s1.